The lowest BCUT2D eigenvalue weighted by Crippen LogP contribution is -2.41. The summed E-state index contributed by atoms with van der Waals surface area (Å²) >= 11 is 0. The van der Waals surface area contributed by atoms with Gasteiger partial charge < -0.3 is 10.2 Å². The van der Waals surface area contributed by atoms with E-state index >= 15 is 0 Å². The zero-order chi connectivity index (χ0) is 10.8. The summed E-state index contributed by atoms with van der Waals surface area (Å²) < 4.78 is 0. The Morgan fingerprint density at radius 1 is 0.875 bits per heavy atom. The van der Waals surface area contributed by atoms with Crippen molar-refractivity contribution >= 4 is 0 Å². The van der Waals surface area contributed by atoms with Crippen molar-refractivity contribution in [1.82, 2.24) is 10.2 Å². The number of hydrogen-bond acceptors (Lipinski definition) is 2. The SMILES string of the molecule is C1CCC(NC2CCN(CC3CC3)C2)CC1. The molecule has 0 bridgehead atoms. The first kappa shape index (κ1) is 11.0. The summed E-state index contributed by atoms with van der Waals surface area (Å²) in [5.74, 6) is 1.06. The number of nitrogens with zero attached hydrogens (tertiary/aromatic N) is 1. The molecule has 2 aliphatic carbocycles. The minimum absolute atomic E-state index is 0.807. The number of hydrogen-bond donors (Lipinski definition) is 1. The quantitative estimate of drug-likeness (QED) is 0.786. The zero-order valence-electron chi connectivity index (χ0n) is 10.5. The summed E-state index contributed by atoms with van der Waals surface area (Å²) in [6, 6.07) is 1.65. The third-order valence-corrected chi connectivity index (χ3v) is 4.56. The second-order valence-corrected chi connectivity index (χ2v) is 6.19. The largest absolute Gasteiger partial charge is 0.310 e. The molecule has 0 aromatic rings. The second-order valence-electron chi connectivity index (χ2n) is 6.19. The van der Waals surface area contributed by atoms with Gasteiger partial charge in [-0.1, -0.05) is 19.3 Å². The molecule has 1 unspecified atom stereocenters. The van der Waals surface area contributed by atoms with Crippen LogP contribution in [0.15, 0.2) is 0 Å². The van der Waals surface area contributed by atoms with E-state index in [-0.39, 0.29) is 0 Å². The maximum atomic E-state index is 3.90. The van der Waals surface area contributed by atoms with Crippen molar-refractivity contribution in [2.75, 3.05) is 19.6 Å². The molecule has 2 heteroatoms. The van der Waals surface area contributed by atoms with Crippen molar-refractivity contribution in [2.45, 2.75) is 63.5 Å². The molecule has 16 heavy (non-hydrogen) atoms. The lowest BCUT2D eigenvalue weighted by molar-refractivity contribution is 0.296. The van der Waals surface area contributed by atoms with Gasteiger partial charge >= 0.3 is 0 Å². The molecule has 3 rings (SSSR count). The van der Waals surface area contributed by atoms with Crippen LogP contribution in [-0.4, -0.2) is 36.6 Å². The number of rotatable bonds is 4. The van der Waals surface area contributed by atoms with E-state index in [1.54, 1.807) is 0 Å². The Balaban J connectivity index is 1.38. The Morgan fingerprint density at radius 3 is 2.44 bits per heavy atom. The average molecular weight is 222 g/mol. The summed E-state index contributed by atoms with van der Waals surface area (Å²) in [5.41, 5.74) is 0. The molecule has 1 aliphatic heterocycles. The highest BCUT2D eigenvalue weighted by atomic mass is 15.2. The van der Waals surface area contributed by atoms with Crippen LogP contribution in [0.4, 0.5) is 0 Å². The smallest absolute Gasteiger partial charge is 0.0209 e. The molecule has 1 heterocycles. The lowest BCUT2D eigenvalue weighted by Gasteiger charge is -2.26. The van der Waals surface area contributed by atoms with Gasteiger partial charge in [0, 0.05) is 25.2 Å². The van der Waals surface area contributed by atoms with Gasteiger partial charge in [-0.05, 0) is 44.6 Å². The van der Waals surface area contributed by atoms with Gasteiger partial charge in [-0.25, -0.2) is 0 Å². The van der Waals surface area contributed by atoms with Crippen molar-refractivity contribution in [2.24, 2.45) is 5.92 Å². The first-order valence-corrected chi connectivity index (χ1v) is 7.38. The highest BCUT2D eigenvalue weighted by Crippen LogP contribution is 2.31. The van der Waals surface area contributed by atoms with Crippen molar-refractivity contribution in [3.63, 3.8) is 0 Å². The normalized spacial score (nSPS) is 33.4. The fraction of sp³-hybridized carbons (Fsp3) is 1.00. The van der Waals surface area contributed by atoms with E-state index in [1.165, 1.54) is 71.0 Å². The minimum atomic E-state index is 0.807. The summed E-state index contributed by atoms with van der Waals surface area (Å²) in [5, 5.41) is 3.90. The number of nitrogens with one attached hydrogen (secondary N) is 1. The molecule has 0 radical (unpaired) electrons. The Labute approximate surface area is 99.8 Å². The van der Waals surface area contributed by atoms with Gasteiger partial charge in [-0.2, -0.15) is 0 Å². The average Bonchev–Trinajstić information content (AvgIpc) is 3.01. The van der Waals surface area contributed by atoms with Gasteiger partial charge in [0.15, 0.2) is 0 Å². The second kappa shape index (κ2) is 5.05. The molecule has 0 amide bonds. The molecule has 1 N–H and O–H groups in total. The van der Waals surface area contributed by atoms with Crippen LogP contribution in [0.25, 0.3) is 0 Å². The molecule has 92 valence electrons. The first-order chi connectivity index (χ1) is 7.90. The molecule has 0 aromatic carbocycles. The van der Waals surface area contributed by atoms with Gasteiger partial charge in [0.05, 0.1) is 0 Å². The van der Waals surface area contributed by atoms with Crippen LogP contribution in [0.1, 0.15) is 51.4 Å². The summed E-state index contributed by atoms with van der Waals surface area (Å²) in [7, 11) is 0. The molecular weight excluding hydrogens is 196 g/mol. The molecule has 0 aromatic heterocycles. The van der Waals surface area contributed by atoms with Gasteiger partial charge in [0.1, 0.15) is 0 Å². The predicted octanol–water partition coefficient (Wildman–Crippen LogP) is 2.39. The zero-order valence-corrected chi connectivity index (χ0v) is 10.5. The molecule has 1 atom stereocenters. The topological polar surface area (TPSA) is 15.3 Å². The highest BCUT2D eigenvalue weighted by Gasteiger charge is 2.30. The first-order valence-electron chi connectivity index (χ1n) is 7.38. The molecule has 2 saturated carbocycles. The molecule has 0 spiro atoms. The van der Waals surface area contributed by atoms with Gasteiger partial charge in [0.2, 0.25) is 0 Å². The Hall–Kier alpha value is -0.0800. The van der Waals surface area contributed by atoms with Crippen LogP contribution in [0, 0.1) is 5.92 Å². The molecule has 1 saturated heterocycles. The van der Waals surface area contributed by atoms with E-state index in [1.807, 2.05) is 0 Å². The fourth-order valence-electron chi connectivity index (χ4n) is 3.40. The van der Waals surface area contributed by atoms with Crippen LogP contribution in [-0.2, 0) is 0 Å². The minimum Gasteiger partial charge on any atom is -0.310 e. The third-order valence-electron chi connectivity index (χ3n) is 4.56. The van der Waals surface area contributed by atoms with Crippen LogP contribution in [0.2, 0.25) is 0 Å². The van der Waals surface area contributed by atoms with E-state index < -0.39 is 0 Å². The molecule has 3 aliphatic rings. The Kier molecular flexibility index (Phi) is 3.49. The summed E-state index contributed by atoms with van der Waals surface area (Å²) in [4.78, 5) is 2.69. The van der Waals surface area contributed by atoms with E-state index in [0.29, 0.717) is 0 Å². The number of likely N-dealkylation sites (tertiary alicyclic amines) is 1. The van der Waals surface area contributed by atoms with Crippen LogP contribution in [0.5, 0.6) is 0 Å². The Morgan fingerprint density at radius 2 is 1.69 bits per heavy atom. The van der Waals surface area contributed by atoms with E-state index in [9.17, 15) is 0 Å². The van der Waals surface area contributed by atoms with Gasteiger partial charge in [-0.15, -0.1) is 0 Å². The summed E-state index contributed by atoms with van der Waals surface area (Å²) in [6.45, 7) is 4.07. The molecule has 2 nitrogen and oxygen atoms in total. The highest BCUT2D eigenvalue weighted by molar-refractivity contribution is 4.87. The maximum Gasteiger partial charge on any atom is 0.0209 e. The Bertz CT molecular complexity index is 219. The van der Waals surface area contributed by atoms with Crippen molar-refractivity contribution in [3.05, 3.63) is 0 Å². The van der Waals surface area contributed by atoms with Gasteiger partial charge in [0.25, 0.3) is 0 Å². The fourth-order valence-corrected chi connectivity index (χ4v) is 3.40. The lowest BCUT2D eigenvalue weighted by atomic mass is 9.95. The van der Waals surface area contributed by atoms with Crippen molar-refractivity contribution in [3.8, 4) is 0 Å². The van der Waals surface area contributed by atoms with E-state index in [2.05, 4.69) is 10.2 Å². The predicted molar refractivity (Wildman–Crippen MR) is 67.6 cm³/mol. The van der Waals surface area contributed by atoms with Crippen LogP contribution < -0.4 is 5.32 Å². The van der Waals surface area contributed by atoms with Crippen molar-refractivity contribution in [1.29, 1.82) is 0 Å². The summed E-state index contributed by atoms with van der Waals surface area (Å²) in [6.07, 6.45) is 11.6. The third kappa shape index (κ3) is 2.98. The van der Waals surface area contributed by atoms with Crippen molar-refractivity contribution < 1.29 is 0 Å². The standard InChI is InChI=1S/C14H26N2/c1-2-4-13(5-3-1)15-14-8-9-16(11-14)10-12-6-7-12/h12-15H,1-11H2. The van der Waals surface area contributed by atoms with Crippen LogP contribution in [0.3, 0.4) is 0 Å². The van der Waals surface area contributed by atoms with Gasteiger partial charge in [-0.3, -0.25) is 0 Å². The molecule has 3 fully saturated rings. The molecular formula is C14H26N2. The maximum absolute atomic E-state index is 3.90. The van der Waals surface area contributed by atoms with E-state index in [0.717, 1.165) is 18.0 Å². The van der Waals surface area contributed by atoms with Crippen LogP contribution >= 0.6 is 0 Å². The monoisotopic (exact) mass is 222 g/mol. The van der Waals surface area contributed by atoms with E-state index in [4.69, 9.17) is 0 Å².